The summed E-state index contributed by atoms with van der Waals surface area (Å²) in [6.45, 7) is 16.6. The van der Waals surface area contributed by atoms with E-state index in [1.807, 2.05) is 79.7 Å². The fraction of sp³-hybridized carbons (Fsp3) is 0.625. The average molecular weight is 454 g/mol. The molecule has 0 aromatic rings. The average Bonchev–Trinajstić information content (AvgIpc) is 2.98. The lowest BCUT2D eigenvalue weighted by Gasteiger charge is -2.19. The SMILES string of the molecule is CC.CC.CCCNC(N)=O.CNC(C(=O)NCC(=O)NC1=CC=C(C)CC=C1)C(C)C. The van der Waals surface area contributed by atoms with E-state index < -0.39 is 6.03 Å². The predicted octanol–water partition coefficient (Wildman–Crippen LogP) is 3.37. The van der Waals surface area contributed by atoms with Crippen molar-refractivity contribution in [3.63, 3.8) is 0 Å². The first-order valence-corrected chi connectivity index (χ1v) is 11.5. The molecule has 8 nitrogen and oxygen atoms in total. The number of carbonyl (C=O) groups is 3. The number of allylic oxidation sites excluding steroid dienone is 5. The molecule has 0 saturated carbocycles. The number of amides is 4. The molecule has 186 valence electrons. The lowest BCUT2D eigenvalue weighted by molar-refractivity contribution is -0.127. The van der Waals surface area contributed by atoms with Crippen LogP contribution in [-0.4, -0.2) is 44.0 Å². The normalized spacial score (nSPS) is 12.6. The monoisotopic (exact) mass is 453 g/mol. The van der Waals surface area contributed by atoms with E-state index in [1.54, 1.807) is 7.05 Å². The molecule has 1 unspecified atom stereocenters. The van der Waals surface area contributed by atoms with Crippen molar-refractivity contribution in [2.24, 2.45) is 11.7 Å². The summed E-state index contributed by atoms with van der Waals surface area (Å²) in [5.74, 6) is -0.228. The topological polar surface area (TPSA) is 125 Å². The van der Waals surface area contributed by atoms with Gasteiger partial charge in [0.1, 0.15) is 0 Å². The van der Waals surface area contributed by atoms with E-state index in [0.29, 0.717) is 6.54 Å². The van der Waals surface area contributed by atoms with Crippen LogP contribution in [0.15, 0.2) is 35.6 Å². The Bertz CT molecular complexity index is 611. The number of rotatable bonds is 8. The zero-order valence-corrected chi connectivity index (χ0v) is 21.6. The highest BCUT2D eigenvalue weighted by atomic mass is 16.2. The molecule has 0 aromatic heterocycles. The van der Waals surface area contributed by atoms with Crippen molar-refractivity contribution in [3.8, 4) is 0 Å². The molecule has 4 amide bonds. The molecule has 0 saturated heterocycles. The lowest BCUT2D eigenvalue weighted by atomic mass is 10.0. The third-order valence-electron chi connectivity index (χ3n) is 3.80. The van der Waals surface area contributed by atoms with E-state index in [2.05, 4.69) is 21.3 Å². The van der Waals surface area contributed by atoms with E-state index in [1.165, 1.54) is 5.57 Å². The maximum Gasteiger partial charge on any atom is 0.312 e. The molecule has 6 N–H and O–H groups in total. The highest BCUT2D eigenvalue weighted by Crippen LogP contribution is 2.08. The summed E-state index contributed by atoms with van der Waals surface area (Å²) < 4.78 is 0. The smallest absolute Gasteiger partial charge is 0.312 e. The van der Waals surface area contributed by atoms with E-state index in [9.17, 15) is 14.4 Å². The number of urea groups is 1. The molecule has 0 aliphatic heterocycles. The minimum Gasteiger partial charge on any atom is -0.352 e. The molecule has 0 heterocycles. The molecule has 1 atom stereocenters. The van der Waals surface area contributed by atoms with Crippen molar-refractivity contribution >= 4 is 17.8 Å². The molecule has 32 heavy (non-hydrogen) atoms. The molecular weight excluding hydrogens is 406 g/mol. The number of hydrogen-bond donors (Lipinski definition) is 5. The largest absolute Gasteiger partial charge is 0.352 e. The van der Waals surface area contributed by atoms with Crippen molar-refractivity contribution in [3.05, 3.63) is 35.6 Å². The first-order valence-electron chi connectivity index (χ1n) is 11.5. The summed E-state index contributed by atoms with van der Waals surface area (Å²) in [6, 6.07) is -0.734. The number of likely N-dealkylation sites (N-methyl/N-ethyl adjacent to an activating group) is 1. The third-order valence-corrected chi connectivity index (χ3v) is 3.80. The van der Waals surface area contributed by atoms with Crippen LogP contribution in [0.1, 0.15) is 68.2 Å². The van der Waals surface area contributed by atoms with Gasteiger partial charge in [0.15, 0.2) is 0 Å². The van der Waals surface area contributed by atoms with E-state index in [0.717, 1.165) is 18.5 Å². The van der Waals surface area contributed by atoms with E-state index >= 15 is 0 Å². The summed E-state index contributed by atoms with van der Waals surface area (Å²) in [5, 5.41) is 10.8. The molecule has 8 heteroatoms. The summed E-state index contributed by atoms with van der Waals surface area (Å²) in [5.41, 5.74) is 6.70. The van der Waals surface area contributed by atoms with Gasteiger partial charge in [-0.15, -0.1) is 0 Å². The molecule has 0 spiro atoms. The van der Waals surface area contributed by atoms with Crippen LogP contribution < -0.4 is 27.0 Å². The minimum absolute atomic E-state index is 0.0301. The fourth-order valence-corrected chi connectivity index (χ4v) is 2.31. The Labute approximate surface area is 195 Å². The Kier molecular flexibility index (Phi) is 24.5. The second-order valence-corrected chi connectivity index (χ2v) is 6.81. The summed E-state index contributed by atoms with van der Waals surface area (Å²) in [4.78, 5) is 33.6. The van der Waals surface area contributed by atoms with E-state index in [4.69, 9.17) is 5.73 Å². The van der Waals surface area contributed by atoms with Crippen LogP contribution in [-0.2, 0) is 9.59 Å². The highest BCUT2D eigenvalue weighted by Gasteiger charge is 2.20. The molecule has 0 bridgehead atoms. The zero-order valence-electron chi connectivity index (χ0n) is 21.6. The molecule has 0 radical (unpaired) electrons. The molecule has 0 aromatic carbocycles. The Morgan fingerprint density at radius 1 is 1.06 bits per heavy atom. The molecule has 1 rings (SSSR count). The van der Waals surface area contributed by atoms with Gasteiger partial charge in [-0.1, -0.05) is 66.2 Å². The second kappa shape index (κ2) is 23.1. The summed E-state index contributed by atoms with van der Waals surface area (Å²) >= 11 is 0. The molecule has 1 aliphatic rings. The zero-order chi connectivity index (χ0) is 25.5. The Morgan fingerprint density at radius 3 is 2.09 bits per heavy atom. The molecular formula is C24H47N5O3. The van der Waals surface area contributed by atoms with Gasteiger partial charge < -0.3 is 27.0 Å². The van der Waals surface area contributed by atoms with Crippen LogP contribution in [0.5, 0.6) is 0 Å². The lowest BCUT2D eigenvalue weighted by Crippen LogP contribution is -2.48. The fourth-order valence-electron chi connectivity index (χ4n) is 2.31. The second-order valence-electron chi connectivity index (χ2n) is 6.81. The first kappa shape index (κ1) is 34.0. The summed E-state index contributed by atoms with van der Waals surface area (Å²) in [6.07, 6.45) is 9.53. The Balaban J connectivity index is -0.000000643. The van der Waals surface area contributed by atoms with Gasteiger partial charge in [-0.25, -0.2) is 4.79 Å². The Hall–Kier alpha value is -2.61. The van der Waals surface area contributed by atoms with Crippen LogP contribution in [0, 0.1) is 5.92 Å². The van der Waals surface area contributed by atoms with Crippen LogP contribution in [0.25, 0.3) is 0 Å². The van der Waals surface area contributed by atoms with Crippen molar-refractivity contribution in [1.82, 2.24) is 21.3 Å². The maximum atomic E-state index is 11.9. The quantitative estimate of drug-likeness (QED) is 0.386. The van der Waals surface area contributed by atoms with Gasteiger partial charge >= 0.3 is 6.03 Å². The number of nitrogens with one attached hydrogen (secondary N) is 4. The highest BCUT2D eigenvalue weighted by molar-refractivity contribution is 5.88. The third kappa shape index (κ3) is 19.4. The van der Waals surface area contributed by atoms with Gasteiger partial charge in [-0.05, 0) is 44.9 Å². The van der Waals surface area contributed by atoms with Crippen LogP contribution in [0.3, 0.4) is 0 Å². The van der Waals surface area contributed by atoms with Crippen molar-refractivity contribution in [1.29, 1.82) is 0 Å². The number of primary amides is 1. The van der Waals surface area contributed by atoms with Gasteiger partial charge in [-0.3, -0.25) is 9.59 Å². The standard InChI is InChI=1S/C16H25N3O2.C4H10N2O.2C2H6/c1-11(2)15(17-4)16(21)18-10-14(20)19-13-7-5-6-12(3)8-9-13;1-2-3-6-4(5)7;2*1-2/h5,7-9,11,15,17H,6,10H2,1-4H3,(H,18,21)(H,19,20);2-3H2,1H3,(H3,5,6,7);2*1-2H3. The summed E-state index contributed by atoms with van der Waals surface area (Å²) in [7, 11) is 1.74. The van der Waals surface area contributed by atoms with Crippen molar-refractivity contribution < 1.29 is 14.4 Å². The Morgan fingerprint density at radius 2 is 1.66 bits per heavy atom. The minimum atomic E-state index is -0.443. The van der Waals surface area contributed by atoms with Gasteiger partial charge in [0, 0.05) is 12.2 Å². The molecule has 1 aliphatic carbocycles. The van der Waals surface area contributed by atoms with Crippen LogP contribution in [0.4, 0.5) is 4.79 Å². The van der Waals surface area contributed by atoms with Crippen LogP contribution in [0.2, 0.25) is 0 Å². The molecule has 0 fully saturated rings. The van der Waals surface area contributed by atoms with Crippen molar-refractivity contribution in [2.45, 2.75) is 74.3 Å². The maximum absolute atomic E-state index is 11.9. The predicted molar refractivity (Wildman–Crippen MR) is 135 cm³/mol. The van der Waals surface area contributed by atoms with Crippen LogP contribution >= 0.6 is 0 Å². The number of carbonyl (C=O) groups excluding carboxylic acids is 3. The first-order chi connectivity index (χ1) is 15.2. The van der Waals surface area contributed by atoms with Gasteiger partial charge in [0.2, 0.25) is 11.8 Å². The van der Waals surface area contributed by atoms with Gasteiger partial charge in [-0.2, -0.15) is 0 Å². The van der Waals surface area contributed by atoms with E-state index in [-0.39, 0.29) is 30.3 Å². The van der Waals surface area contributed by atoms with Crippen molar-refractivity contribution in [2.75, 3.05) is 20.1 Å². The number of nitrogens with two attached hydrogens (primary N) is 1. The number of hydrogen-bond acceptors (Lipinski definition) is 4. The van der Waals surface area contributed by atoms with Gasteiger partial charge in [0.25, 0.3) is 0 Å². The van der Waals surface area contributed by atoms with Gasteiger partial charge in [0.05, 0.1) is 12.6 Å².